The second-order valence-electron chi connectivity index (χ2n) is 3.33. The fourth-order valence-electron chi connectivity index (χ4n) is 1.18. The Hall–Kier alpha value is -1.23. The zero-order valence-electron chi connectivity index (χ0n) is 9.32. The summed E-state index contributed by atoms with van der Waals surface area (Å²) >= 11 is 0. The standard InChI is InChI=1S/C10H16N2O3/c1-4-8(13)7(2)10-11-9(12-15-10)5-6-14-3/h7H,4-6H2,1-3H3. The van der Waals surface area contributed by atoms with Gasteiger partial charge in [-0.3, -0.25) is 4.79 Å². The molecule has 1 atom stereocenters. The average molecular weight is 212 g/mol. The number of methoxy groups -OCH3 is 1. The molecule has 0 saturated heterocycles. The highest BCUT2D eigenvalue weighted by molar-refractivity contribution is 5.83. The van der Waals surface area contributed by atoms with Gasteiger partial charge in [0.2, 0.25) is 5.89 Å². The summed E-state index contributed by atoms with van der Waals surface area (Å²) < 4.78 is 9.90. The van der Waals surface area contributed by atoms with Gasteiger partial charge in [-0.2, -0.15) is 4.98 Å². The molecule has 1 aromatic heterocycles. The quantitative estimate of drug-likeness (QED) is 0.712. The lowest BCUT2D eigenvalue weighted by atomic mass is 10.1. The van der Waals surface area contributed by atoms with Gasteiger partial charge in [0.15, 0.2) is 5.82 Å². The minimum atomic E-state index is -0.307. The number of hydrogen-bond acceptors (Lipinski definition) is 5. The monoisotopic (exact) mass is 212 g/mol. The van der Waals surface area contributed by atoms with Crippen LogP contribution in [0.4, 0.5) is 0 Å². The van der Waals surface area contributed by atoms with Gasteiger partial charge in [0, 0.05) is 20.0 Å². The summed E-state index contributed by atoms with van der Waals surface area (Å²) in [5, 5.41) is 3.77. The lowest BCUT2D eigenvalue weighted by Gasteiger charge is -2.01. The molecule has 0 aliphatic rings. The van der Waals surface area contributed by atoms with Crippen LogP contribution in [0.3, 0.4) is 0 Å². The number of ether oxygens (including phenoxy) is 1. The van der Waals surface area contributed by atoms with Crippen molar-refractivity contribution in [2.75, 3.05) is 13.7 Å². The molecule has 0 fully saturated rings. The van der Waals surface area contributed by atoms with Crippen LogP contribution in [0.1, 0.15) is 37.9 Å². The largest absolute Gasteiger partial charge is 0.384 e. The number of aromatic nitrogens is 2. The first-order valence-electron chi connectivity index (χ1n) is 5.03. The van der Waals surface area contributed by atoms with E-state index < -0.39 is 0 Å². The van der Waals surface area contributed by atoms with Crippen LogP contribution in [0.2, 0.25) is 0 Å². The normalized spacial score (nSPS) is 12.7. The van der Waals surface area contributed by atoms with Crippen molar-refractivity contribution in [3.63, 3.8) is 0 Å². The van der Waals surface area contributed by atoms with Crippen LogP contribution in [0, 0.1) is 0 Å². The molecule has 0 bridgehead atoms. The van der Waals surface area contributed by atoms with Crippen molar-refractivity contribution in [3.05, 3.63) is 11.7 Å². The summed E-state index contributed by atoms with van der Waals surface area (Å²) in [6.07, 6.45) is 1.09. The summed E-state index contributed by atoms with van der Waals surface area (Å²) in [6.45, 7) is 4.15. The van der Waals surface area contributed by atoms with E-state index in [0.717, 1.165) is 0 Å². The Balaban J connectivity index is 2.62. The fourth-order valence-corrected chi connectivity index (χ4v) is 1.18. The first-order valence-corrected chi connectivity index (χ1v) is 5.03. The molecule has 1 unspecified atom stereocenters. The van der Waals surface area contributed by atoms with Crippen LogP contribution in [0.25, 0.3) is 0 Å². The minimum absolute atomic E-state index is 0.108. The third-order valence-corrected chi connectivity index (χ3v) is 2.22. The smallest absolute Gasteiger partial charge is 0.236 e. The third kappa shape index (κ3) is 3.13. The first kappa shape index (κ1) is 11.8. The molecule has 1 aromatic rings. The first-order chi connectivity index (χ1) is 7.19. The van der Waals surface area contributed by atoms with Crippen molar-refractivity contribution in [1.82, 2.24) is 10.1 Å². The lowest BCUT2D eigenvalue weighted by molar-refractivity contribution is -0.120. The average Bonchev–Trinajstić information content (AvgIpc) is 2.72. The van der Waals surface area contributed by atoms with Crippen molar-refractivity contribution in [1.29, 1.82) is 0 Å². The number of carbonyl (C=O) groups excluding carboxylic acids is 1. The second kappa shape index (κ2) is 5.60. The van der Waals surface area contributed by atoms with E-state index in [2.05, 4.69) is 10.1 Å². The van der Waals surface area contributed by atoms with Crippen LogP contribution < -0.4 is 0 Å². The van der Waals surface area contributed by atoms with E-state index >= 15 is 0 Å². The predicted molar refractivity (Wildman–Crippen MR) is 53.6 cm³/mol. The van der Waals surface area contributed by atoms with Crippen molar-refractivity contribution >= 4 is 5.78 Å². The van der Waals surface area contributed by atoms with E-state index in [1.165, 1.54) is 0 Å². The number of rotatable bonds is 6. The van der Waals surface area contributed by atoms with E-state index in [-0.39, 0.29) is 11.7 Å². The molecule has 0 amide bonds. The summed E-state index contributed by atoms with van der Waals surface area (Å²) in [4.78, 5) is 15.5. The second-order valence-corrected chi connectivity index (χ2v) is 3.33. The van der Waals surface area contributed by atoms with Crippen LogP contribution in [-0.4, -0.2) is 29.6 Å². The molecule has 0 aromatic carbocycles. The summed E-state index contributed by atoms with van der Waals surface area (Å²) in [6, 6.07) is 0. The molecule has 15 heavy (non-hydrogen) atoms. The molecule has 84 valence electrons. The maximum atomic E-state index is 11.4. The number of hydrogen-bond donors (Lipinski definition) is 0. The molecular weight excluding hydrogens is 196 g/mol. The Morgan fingerprint density at radius 1 is 1.60 bits per heavy atom. The number of carbonyl (C=O) groups is 1. The zero-order valence-corrected chi connectivity index (χ0v) is 9.32. The lowest BCUT2D eigenvalue weighted by Crippen LogP contribution is -2.08. The molecule has 0 aliphatic carbocycles. The minimum Gasteiger partial charge on any atom is -0.384 e. The molecule has 1 rings (SSSR count). The molecule has 0 N–H and O–H groups in total. The van der Waals surface area contributed by atoms with Gasteiger partial charge < -0.3 is 9.26 Å². The number of nitrogens with zero attached hydrogens (tertiary/aromatic N) is 2. The highest BCUT2D eigenvalue weighted by Gasteiger charge is 2.19. The Bertz CT molecular complexity index is 322. The summed E-state index contributed by atoms with van der Waals surface area (Å²) in [5.41, 5.74) is 0. The van der Waals surface area contributed by atoms with Gasteiger partial charge in [-0.1, -0.05) is 12.1 Å². The Morgan fingerprint density at radius 3 is 2.93 bits per heavy atom. The molecule has 0 saturated carbocycles. The van der Waals surface area contributed by atoms with Crippen LogP contribution in [-0.2, 0) is 16.0 Å². The molecule has 5 nitrogen and oxygen atoms in total. The summed E-state index contributed by atoms with van der Waals surface area (Å²) in [7, 11) is 1.62. The van der Waals surface area contributed by atoms with Crippen LogP contribution >= 0.6 is 0 Å². The van der Waals surface area contributed by atoms with Crippen molar-refractivity contribution in [2.45, 2.75) is 32.6 Å². The van der Waals surface area contributed by atoms with Crippen molar-refractivity contribution in [3.8, 4) is 0 Å². The molecule has 0 spiro atoms. The van der Waals surface area contributed by atoms with E-state index in [1.54, 1.807) is 14.0 Å². The fraction of sp³-hybridized carbons (Fsp3) is 0.700. The van der Waals surface area contributed by atoms with E-state index in [4.69, 9.17) is 9.26 Å². The van der Waals surface area contributed by atoms with Gasteiger partial charge >= 0.3 is 0 Å². The molecular formula is C10H16N2O3. The van der Waals surface area contributed by atoms with E-state index in [0.29, 0.717) is 31.2 Å². The maximum absolute atomic E-state index is 11.4. The Morgan fingerprint density at radius 2 is 2.33 bits per heavy atom. The molecule has 5 heteroatoms. The third-order valence-electron chi connectivity index (χ3n) is 2.22. The predicted octanol–water partition coefficient (Wildman–Crippen LogP) is 1.34. The maximum Gasteiger partial charge on any atom is 0.236 e. The van der Waals surface area contributed by atoms with Crippen molar-refractivity contribution in [2.24, 2.45) is 0 Å². The van der Waals surface area contributed by atoms with Crippen LogP contribution in [0.5, 0.6) is 0 Å². The highest BCUT2D eigenvalue weighted by Crippen LogP contribution is 2.15. The van der Waals surface area contributed by atoms with Crippen molar-refractivity contribution < 1.29 is 14.1 Å². The molecule has 1 heterocycles. The van der Waals surface area contributed by atoms with Crippen LogP contribution in [0.15, 0.2) is 4.52 Å². The Labute approximate surface area is 88.8 Å². The highest BCUT2D eigenvalue weighted by atomic mass is 16.5. The van der Waals surface area contributed by atoms with Gasteiger partial charge in [-0.25, -0.2) is 0 Å². The number of Topliss-reactive ketones (excluding diaryl/α,β-unsaturated/α-hetero) is 1. The van der Waals surface area contributed by atoms with Gasteiger partial charge in [-0.15, -0.1) is 0 Å². The zero-order chi connectivity index (χ0) is 11.3. The van der Waals surface area contributed by atoms with Gasteiger partial charge in [0.05, 0.1) is 12.5 Å². The SMILES string of the molecule is CCC(=O)C(C)c1nc(CCOC)no1. The van der Waals surface area contributed by atoms with Gasteiger partial charge in [0.1, 0.15) is 5.78 Å². The summed E-state index contributed by atoms with van der Waals surface area (Å²) in [5.74, 6) is 0.784. The topological polar surface area (TPSA) is 65.2 Å². The Kier molecular flexibility index (Phi) is 4.42. The molecule has 0 radical (unpaired) electrons. The van der Waals surface area contributed by atoms with E-state index in [9.17, 15) is 4.79 Å². The molecule has 0 aliphatic heterocycles. The van der Waals surface area contributed by atoms with Gasteiger partial charge in [0.25, 0.3) is 0 Å². The van der Waals surface area contributed by atoms with Gasteiger partial charge in [-0.05, 0) is 6.92 Å². The van der Waals surface area contributed by atoms with E-state index in [1.807, 2.05) is 6.92 Å². The number of ketones is 1.